The minimum Gasteiger partial charge on any atom is -0.480 e. The van der Waals surface area contributed by atoms with Crippen LogP contribution in [0.15, 0.2) is 18.5 Å². The molecule has 0 saturated carbocycles. The van der Waals surface area contributed by atoms with Crippen LogP contribution in [0.25, 0.3) is 0 Å². The first-order chi connectivity index (χ1) is 6.11. The Balaban J connectivity index is 2.63. The van der Waals surface area contributed by atoms with E-state index in [2.05, 4.69) is 5.10 Å². The van der Waals surface area contributed by atoms with Crippen molar-refractivity contribution < 1.29 is 9.90 Å². The molecule has 0 bridgehead atoms. The maximum absolute atomic E-state index is 10.8. The van der Waals surface area contributed by atoms with E-state index in [0.717, 1.165) is 0 Å². The Bertz CT molecular complexity index is 269. The van der Waals surface area contributed by atoms with Crippen molar-refractivity contribution in [3.05, 3.63) is 18.5 Å². The van der Waals surface area contributed by atoms with E-state index in [4.69, 9.17) is 5.11 Å². The molecule has 72 valence electrons. The first-order valence-electron chi connectivity index (χ1n) is 3.98. The lowest BCUT2D eigenvalue weighted by molar-refractivity contribution is -0.142. The third-order valence-electron chi connectivity index (χ3n) is 1.83. The van der Waals surface area contributed by atoms with E-state index in [1.165, 1.54) is 0 Å². The van der Waals surface area contributed by atoms with Crippen molar-refractivity contribution in [2.75, 3.05) is 14.1 Å². The molecule has 0 radical (unpaired) electrons. The molecular weight excluding hydrogens is 170 g/mol. The van der Waals surface area contributed by atoms with Gasteiger partial charge in [0, 0.05) is 12.4 Å². The number of rotatable bonds is 4. The summed E-state index contributed by atoms with van der Waals surface area (Å²) in [5.41, 5.74) is 0. The van der Waals surface area contributed by atoms with Gasteiger partial charge in [0.15, 0.2) is 0 Å². The summed E-state index contributed by atoms with van der Waals surface area (Å²) in [4.78, 5) is 12.4. The van der Waals surface area contributed by atoms with E-state index >= 15 is 0 Å². The standard InChI is InChI=1S/C8H13N3O2/c1-10(2)7(8(12)13)6-11-5-3-4-9-11/h3-5,7H,6H2,1-2H3,(H,12,13)/t7-/m1/s1. The van der Waals surface area contributed by atoms with Crippen molar-refractivity contribution in [3.8, 4) is 0 Å². The first kappa shape index (κ1) is 9.73. The maximum atomic E-state index is 10.8. The van der Waals surface area contributed by atoms with E-state index in [0.29, 0.717) is 6.54 Å². The van der Waals surface area contributed by atoms with Gasteiger partial charge in [-0.2, -0.15) is 5.10 Å². The van der Waals surface area contributed by atoms with Gasteiger partial charge in [-0.25, -0.2) is 0 Å². The van der Waals surface area contributed by atoms with Crippen molar-refractivity contribution >= 4 is 5.97 Å². The van der Waals surface area contributed by atoms with E-state index in [1.54, 1.807) is 42.1 Å². The average molecular weight is 183 g/mol. The highest BCUT2D eigenvalue weighted by Gasteiger charge is 2.19. The lowest BCUT2D eigenvalue weighted by Crippen LogP contribution is -2.39. The molecule has 0 saturated heterocycles. The molecule has 1 rings (SSSR count). The quantitative estimate of drug-likeness (QED) is 0.708. The summed E-state index contributed by atoms with van der Waals surface area (Å²) in [6.45, 7) is 0.370. The average Bonchev–Trinajstić information content (AvgIpc) is 2.50. The SMILES string of the molecule is CN(C)[C@H](Cn1cccn1)C(=O)O. The second-order valence-electron chi connectivity index (χ2n) is 3.05. The van der Waals surface area contributed by atoms with Gasteiger partial charge in [-0.05, 0) is 20.2 Å². The number of likely N-dealkylation sites (N-methyl/N-ethyl adjacent to an activating group) is 1. The van der Waals surface area contributed by atoms with Crippen LogP contribution in [-0.2, 0) is 11.3 Å². The van der Waals surface area contributed by atoms with E-state index in [-0.39, 0.29) is 0 Å². The van der Waals surface area contributed by atoms with Crippen molar-refractivity contribution in [1.29, 1.82) is 0 Å². The largest absolute Gasteiger partial charge is 0.480 e. The molecule has 0 unspecified atom stereocenters. The molecule has 1 atom stereocenters. The minimum absolute atomic E-state index is 0.370. The number of aromatic nitrogens is 2. The van der Waals surface area contributed by atoms with E-state index in [9.17, 15) is 4.79 Å². The van der Waals surface area contributed by atoms with Crippen LogP contribution in [0.1, 0.15) is 0 Å². The first-order valence-corrected chi connectivity index (χ1v) is 3.98. The van der Waals surface area contributed by atoms with Crippen molar-refractivity contribution in [2.45, 2.75) is 12.6 Å². The topological polar surface area (TPSA) is 58.4 Å². The molecule has 1 heterocycles. The fourth-order valence-electron chi connectivity index (χ4n) is 1.05. The van der Waals surface area contributed by atoms with Gasteiger partial charge in [0.2, 0.25) is 0 Å². The zero-order chi connectivity index (χ0) is 9.84. The lowest BCUT2D eigenvalue weighted by Gasteiger charge is -2.19. The summed E-state index contributed by atoms with van der Waals surface area (Å²) in [5, 5.41) is 12.8. The van der Waals surface area contributed by atoms with Gasteiger partial charge < -0.3 is 5.11 Å². The van der Waals surface area contributed by atoms with Crippen molar-refractivity contribution in [1.82, 2.24) is 14.7 Å². The van der Waals surface area contributed by atoms with Crippen LogP contribution >= 0.6 is 0 Å². The van der Waals surface area contributed by atoms with Crippen LogP contribution in [0.5, 0.6) is 0 Å². The van der Waals surface area contributed by atoms with E-state index in [1.807, 2.05) is 0 Å². The Morgan fingerprint density at radius 3 is 2.77 bits per heavy atom. The second-order valence-corrected chi connectivity index (χ2v) is 3.05. The highest BCUT2D eigenvalue weighted by molar-refractivity contribution is 5.73. The molecule has 1 N–H and O–H groups in total. The highest BCUT2D eigenvalue weighted by Crippen LogP contribution is 1.97. The van der Waals surface area contributed by atoms with Gasteiger partial charge in [-0.1, -0.05) is 0 Å². The molecular formula is C8H13N3O2. The van der Waals surface area contributed by atoms with Gasteiger partial charge in [0.1, 0.15) is 6.04 Å². The monoisotopic (exact) mass is 183 g/mol. The lowest BCUT2D eigenvalue weighted by atomic mass is 10.3. The molecule has 0 aliphatic rings. The highest BCUT2D eigenvalue weighted by atomic mass is 16.4. The summed E-state index contributed by atoms with van der Waals surface area (Å²) in [7, 11) is 3.48. The minimum atomic E-state index is -0.833. The van der Waals surface area contributed by atoms with Crippen LogP contribution < -0.4 is 0 Å². The molecule has 13 heavy (non-hydrogen) atoms. The number of carboxylic acids is 1. The fraction of sp³-hybridized carbons (Fsp3) is 0.500. The molecule has 0 fully saturated rings. The Morgan fingerprint density at radius 2 is 2.38 bits per heavy atom. The van der Waals surface area contributed by atoms with Gasteiger partial charge in [0.25, 0.3) is 0 Å². The number of hydrogen-bond donors (Lipinski definition) is 1. The summed E-state index contributed by atoms with van der Waals surface area (Å²) >= 11 is 0. The summed E-state index contributed by atoms with van der Waals surface area (Å²) < 4.78 is 1.61. The van der Waals surface area contributed by atoms with Gasteiger partial charge in [-0.3, -0.25) is 14.4 Å². The molecule has 5 heteroatoms. The van der Waals surface area contributed by atoms with E-state index < -0.39 is 12.0 Å². The van der Waals surface area contributed by atoms with Gasteiger partial charge in [-0.15, -0.1) is 0 Å². The van der Waals surface area contributed by atoms with Crippen molar-refractivity contribution in [3.63, 3.8) is 0 Å². The molecule has 1 aromatic rings. The molecule has 0 aromatic carbocycles. The Kier molecular flexibility index (Phi) is 3.02. The molecule has 5 nitrogen and oxygen atoms in total. The predicted octanol–water partition coefficient (Wildman–Crippen LogP) is -0.102. The molecule has 0 amide bonds. The summed E-state index contributed by atoms with van der Waals surface area (Å²) in [5.74, 6) is -0.833. The normalized spacial score (nSPS) is 13.2. The van der Waals surface area contributed by atoms with Crippen LogP contribution in [0.2, 0.25) is 0 Å². The molecule has 1 aromatic heterocycles. The Morgan fingerprint density at radius 1 is 1.69 bits per heavy atom. The second kappa shape index (κ2) is 4.04. The summed E-state index contributed by atoms with van der Waals surface area (Å²) in [6.07, 6.45) is 3.38. The smallest absolute Gasteiger partial charge is 0.322 e. The third kappa shape index (κ3) is 2.55. The van der Waals surface area contributed by atoms with Crippen LogP contribution in [-0.4, -0.2) is 45.9 Å². The van der Waals surface area contributed by atoms with Gasteiger partial charge >= 0.3 is 5.97 Å². The van der Waals surface area contributed by atoms with Crippen LogP contribution in [0.4, 0.5) is 0 Å². The zero-order valence-electron chi connectivity index (χ0n) is 7.71. The number of aliphatic carboxylic acids is 1. The van der Waals surface area contributed by atoms with Gasteiger partial charge in [0.05, 0.1) is 6.54 Å². The van der Waals surface area contributed by atoms with Crippen LogP contribution in [0, 0.1) is 0 Å². The molecule has 0 spiro atoms. The fourth-order valence-corrected chi connectivity index (χ4v) is 1.05. The third-order valence-corrected chi connectivity index (χ3v) is 1.83. The number of hydrogen-bond acceptors (Lipinski definition) is 3. The number of nitrogens with zero attached hydrogens (tertiary/aromatic N) is 3. The Labute approximate surface area is 76.6 Å². The zero-order valence-corrected chi connectivity index (χ0v) is 7.71. The molecule has 0 aliphatic heterocycles. The molecule has 0 aliphatic carbocycles. The maximum Gasteiger partial charge on any atom is 0.322 e. The van der Waals surface area contributed by atoms with Crippen molar-refractivity contribution in [2.24, 2.45) is 0 Å². The summed E-state index contributed by atoms with van der Waals surface area (Å²) in [6, 6.07) is 1.24. The van der Waals surface area contributed by atoms with Crippen LogP contribution in [0.3, 0.4) is 0 Å². The number of carboxylic acid groups (broad SMARTS) is 1. The predicted molar refractivity (Wildman–Crippen MR) is 47.3 cm³/mol. The Hall–Kier alpha value is -1.36. The number of carbonyl (C=O) groups is 1.